The minimum Gasteiger partial charge on any atom is -0.478 e. The van der Waals surface area contributed by atoms with Gasteiger partial charge in [0.25, 0.3) is 11.8 Å². The number of rotatable bonds is 4. The van der Waals surface area contributed by atoms with Crippen molar-refractivity contribution in [3.05, 3.63) is 40.5 Å². The molecule has 0 saturated carbocycles. The lowest BCUT2D eigenvalue weighted by Crippen LogP contribution is -2.19. The van der Waals surface area contributed by atoms with Crippen LogP contribution in [0.2, 0.25) is 5.02 Å². The Bertz CT molecular complexity index is 636. The molecule has 1 aromatic heterocycles. The minimum atomic E-state index is -0.394. The number of halogens is 1. The lowest BCUT2D eigenvalue weighted by Gasteiger charge is -2.00. The standard InChI is InChI=1S/C12H12ClN5O2/c1-14-11(19)10-12(20-2)18(17-16-10)15-7-8-3-5-9(13)6-4-8/h3-7H,1-2H3,(H,14,19)/b15-7-. The smallest absolute Gasteiger partial charge is 0.277 e. The van der Waals surface area contributed by atoms with Crippen LogP contribution in [0.4, 0.5) is 0 Å². The van der Waals surface area contributed by atoms with E-state index in [1.807, 2.05) is 0 Å². The maximum atomic E-state index is 11.5. The van der Waals surface area contributed by atoms with Crippen molar-refractivity contribution >= 4 is 23.7 Å². The van der Waals surface area contributed by atoms with Crippen molar-refractivity contribution in [2.45, 2.75) is 0 Å². The van der Waals surface area contributed by atoms with Crippen LogP contribution in [0.25, 0.3) is 0 Å². The fourth-order valence-electron chi connectivity index (χ4n) is 1.45. The van der Waals surface area contributed by atoms with E-state index >= 15 is 0 Å². The quantitative estimate of drug-likeness (QED) is 0.858. The van der Waals surface area contributed by atoms with Gasteiger partial charge >= 0.3 is 0 Å². The molecular weight excluding hydrogens is 282 g/mol. The molecule has 1 N–H and O–H groups in total. The number of methoxy groups -OCH3 is 1. The number of hydrogen-bond donors (Lipinski definition) is 1. The van der Waals surface area contributed by atoms with Crippen molar-refractivity contribution in [3.8, 4) is 5.88 Å². The van der Waals surface area contributed by atoms with Crippen LogP contribution in [0.15, 0.2) is 29.4 Å². The van der Waals surface area contributed by atoms with Crippen LogP contribution in [0.1, 0.15) is 16.1 Å². The lowest BCUT2D eigenvalue weighted by molar-refractivity contribution is 0.0954. The Hall–Kier alpha value is -2.41. The van der Waals surface area contributed by atoms with Crippen molar-refractivity contribution in [1.82, 2.24) is 20.4 Å². The second-order valence-corrected chi connectivity index (χ2v) is 4.15. The molecule has 0 aliphatic rings. The molecule has 2 aromatic rings. The van der Waals surface area contributed by atoms with Crippen molar-refractivity contribution in [1.29, 1.82) is 0 Å². The molecule has 0 atom stereocenters. The molecule has 2 rings (SSSR count). The molecule has 20 heavy (non-hydrogen) atoms. The molecule has 0 unspecified atom stereocenters. The maximum Gasteiger partial charge on any atom is 0.277 e. The highest BCUT2D eigenvalue weighted by Gasteiger charge is 2.19. The molecule has 1 amide bonds. The zero-order valence-corrected chi connectivity index (χ0v) is 11.6. The van der Waals surface area contributed by atoms with Crippen molar-refractivity contribution in [3.63, 3.8) is 0 Å². The molecular formula is C12H12ClN5O2. The van der Waals surface area contributed by atoms with E-state index in [-0.39, 0.29) is 11.6 Å². The van der Waals surface area contributed by atoms with Crippen molar-refractivity contribution < 1.29 is 9.53 Å². The highest BCUT2D eigenvalue weighted by Crippen LogP contribution is 2.14. The van der Waals surface area contributed by atoms with E-state index < -0.39 is 5.91 Å². The van der Waals surface area contributed by atoms with Crippen LogP contribution < -0.4 is 10.1 Å². The van der Waals surface area contributed by atoms with Gasteiger partial charge in [0.15, 0.2) is 0 Å². The van der Waals surface area contributed by atoms with Gasteiger partial charge in [-0.05, 0) is 22.9 Å². The van der Waals surface area contributed by atoms with E-state index in [9.17, 15) is 4.79 Å². The summed E-state index contributed by atoms with van der Waals surface area (Å²) in [5, 5.41) is 14.6. The van der Waals surface area contributed by atoms with Gasteiger partial charge in [-0.3, -0.25) is 4.79 Å². The number of carbonyl (C=O) groups excluding carboxylic acids is 1. The average molecular weight is 294 g/mol. The molecule has 1 aromatic carbocycles. The highest BCUT2D eigenvalue weighted by molar-refractivity contribution is 6.30. The van der Waals surface area contributed by atoms with Crippen LogP contribution in [0.3, 0.4) is 0 Å². The molecule has 0 aliphatic heterocycles. The maximum absolute atomic E-state index is 11.5. The normalized spacial score (nSPS) is 10.8. The van der Waals surface area contributed by atoms with Crippen LogP contribution in [-0.2, 0) is 0 Å². The minimum absolute atomic E-state index is 0.0725. The molecule has 0 aliphatic carbocycles. The summed E-state index contributed by atoms with van der Waals surface area (Å²) < 4.78 is 5.09. The number of nitrogens with zero attached hydrogens (tertiary/aromatic N) is 4. The van der Waals surface area contributed by atoms with Crippen LogP contribution in [0.5, 0.6) is 5.88 Å². The molecule has 104 valence electrons. The Morgan fingerprint density at radius 1 is 1.45 bits per heavy atom. The van der Waals surface area contributed by atoms with Crippen LogP contribution in [0, 0.1) is 0 Å². The molecule has 0 radical (unpaired) electrons. The first-order chi connectivity index (χ1) is 9.65. The first kappa shape index (κ1) is 14.0. The number of hydrogen-bond acceptors (Lipinski definition) is 5. The predicted octanol–water partition coefficient (Wildman–Crippen LogP) is 1.18. The van der Waals surface area contributed by atoms with Gasteiger partial charge in [0.1, 0.15) is 0 Å². The van der Waals surface area contributed by atoms with Gasteiger partial charge < -0.3 is 10.1 Å². The van der Waals surface area contributed by atoms with Gasteiger partial charge in [0.05, 0.1) is 13.3 Å². The molecule has 0 saturated heterocycles. The average Bonchev–Trinajstić information content (AvgIpc) is 2.88. The second kappa shape index (κ2) is 6.16. The van der Waals surface area contributed by atoms with E-state index in [4.69, 9.17) is 16.3 Å². The number of ether oxygens (including phenoxy) is 1. The number of benzene rings is 1. The van der Waals surface area contributed by atoms with E-state index in [0.29, 0.717) is 5.02 Å². The third kappa shape index (κ3) is 2.94. The molecule has 0 spiro atoms. The van der Waals surface area contributed by atoms with Gasteiger partial charge in [0, 0.05) is 12.1 Å². The summed E-state index contributed by atoms with van der Waals surface area (Å²) in [6, 6.07) is 7.10. The van der Waals surface area contributed by atoms with Crippen molar-refractivity contribution in [2.75, 3.05) is 14.2 Å². The fourth-order valence-corrected chi connectivity index (χ4v) is 1.58. The molecule has 7 nitrogen and oxygen atoms in total. The Balaban J connectivity index is 2.27. The Kier molecular flexibility index (Phi) is 4.31. The number of amides is 1. The van der Waals surface area contributed by atoms with E-state index in [0.717, 1.165) is 10.4 Å². The van der Waals surface area contributed by atoms with Gasteiger partial charge in [-0.15, -0.1) is 5.10 Å². The third-order valence-electron chi connectivity index (χ3n) is 2.44. The van der Waals surface area contributed by atoms with Crippen molar-refractivity contribution in [2.24, 2.45) is 5.10 Å². The third-order valence-corrected chi connectivity index (χ3v) is 2.69. The SMILES string of the molecule is CNC(=O)c1nnn(/N=C\c2ccc(Cl)cc2)c1OC. The zero-order chi connectivity index (χ0) is 14.5. The van der Waals surface area contributed by atoms with E-state index in [2.05, 4.69) is 20.7 Å². The molecule has 0 fully saturated rings. The summed E-state index contributed by atoms with van der Waals surface area (Å²) in [4.78, 5) is 12.7. The lowest BCUT2D eigenvalue weighted by atomic mass is 10.2. The summed E-state index contributed by atoms with van der Waals surface area (Å²) in [6.45, 7) is 0. The number of carbonyl (C=O) groups is 1. The summed E-state index contributed by atoms with van der Waals surface area (Å²) in [6.07, 6.45) is 1.56. The molecule has 1 heterocycles. The summed E-state index contributed by atoms with van der Waals surface area (Å²) in [7, 11) is 2.91. The predicted molar refractivity (Wildman–Crippen MR) is 74.4 cm³/mol. The zero-order valence-electron chi connectivity index (χ0n) is 10.9. The van der Waals surface area contributed by atoms with Gasteiger partial charge in [-0.1, -0.05) is 28.5 Å². The van der Waals surface area contributed by atoms with Gasteiger partial charge in [-0.2, -0.15) is 5.10 Å². The van der Waals surface area contributed by atoms with E-state index in [1.54, 1.807) is 30.5 Å². The monoisotopic (exact) mass is 293 g/mol. The highest BCUT2D eigenvalue weighted by atomic mass is 35.5. The largest absolute Gasteiger partial charge is 0.478 e. The first-order valence-electron chi connectivity index (χ1n) is 5.67. The second-order valence-electron chi connectivity index (χ2n) is 3.71. The molecule has 0 bridgehead atoms. The number of aromatic nitrogens is 3. The van der Waals surface area contributed by atoms with Gasteiger partial charge in [0.2, 0.25) is 5.69 Å². The van der Waals surface area contributed by atoms with E-state index in [1.165, 1.54) is 14.2 Å². The summed E-state index contributed by atoms with van der Waals surface area (Å²) in [5.41, 5.74) is 0.900. The Morgan fingerprint density at radius 3 is 2.75 bits per heavy atom. The number of nitrogens with one attached hydrogen (secondary N) is 1. The Labute approximate surface area is 120 Å². The Morgan fingerprint density at radius 2 is 2.15 bits per heavy atom. The topological polar surface area (TPSA) is 81.4 Å². The summed E-state index contributed by atoms with van der Waals surface area (Å²) in [5.74, 6) is -0.232. The fraction of sp³-hybridized carbons (Fsp3) is 0.167. The van der Waals surface area contributed by atoms with Crippen LogP contribution in [-0.4, -0.2) is 41.4 Å². The molecule has 8 heteroatoms. The van der Waals surface area contributed by atoms with Crippen LogP contribution >= 0.6 is 11.6 Å². The van der Waals surface area contributed by atoms with Gasteiger partial charge in [-0.25, -0.2) is 0 Å². The summed E-state index contributed by atoms with van der Waals surface area (Å²) >= 11 is 5.79. The first-order valence-corrected chi connectivity index (χ1v) is 6.05.